The molecule has 134 valence electrons. The highest BCUT2D eigenvalue weighted by molar-refractivity contribution is 5.95. The molecule has 2 unspecified atom stereocenters. The van der Waals surface area contributed by atoms with Crippen LogP contribution in [0.4, 0.5) is 0 Å². The smallest absolute Gasteiger partial charge is 0.326 e. The van der Waals surface area contributed by atoms with Gasteiger partial charge in [-0.25, -0.2) is 4.79 Å². The van der Waals surface area contributed by atoms with E-state index in [2.05, 4.69) is 0 Å². The summed E-state index contributed by atoms with van der Waals surface area (Å²) in [5.74, 6) is -1.48. The first-order chi connectivity index (χ1) is 12.0. The zero-order valence-corrected chi connectivity index (χ0v) is 14.4. The number of rotatable bonds is 5. The highest BCUT2D eigenvalue weighted by Gasteiger charge is 2.42. The van der Waals surface area contributed by atoms with E-state index in [4.69, 9.17) is 0 Å². The van der Waals surface area contributed by atoms with Crippen molar-refractivity contribution < 1.29 is 19.5 Å². The molecule has 1 aromatic rings. The number of carboxylic acid groups (broad SMARTS) is 1. The first kappa shape index (κ1) is 17.5. The molecule has 6 nitrogen and oxygen atoms in total. The number of hydrogen-bond acceptors (Lipinski definition) is 3. The molecule has 1 N–H and O–H groups in total. The van der Waals surface area contributed by atoms with E-state index in [1.165, 1.54) is 4.90 Å². The first-order valence-electron chi connectivity index (χ1n) is 8.88. The average Bonchev–Trinajstić information content (AvgIpc) is 3.46. The van der Waals surface area contributed by atoms with Crippen molar-refractivity contribution in [2.24, 2.45) is 5.92 Å². The van der Waals surface area contributed by atoms with E-state index in [1.807, 2.05) is 18.2 Å². The van der Waals surface area contributed by atoms with Crippen LogP contribution in [-0.4, -0.2) is 57.9 Å². The van der Waals surface area contributed by atoms with Crippen LogP contribution in [0.5, 0.6) is 0 Å². The van der Waals surface area contributed by atoms with Crippen LogP contribution in [0.1, 0.15) is 43.0 Å². The molecule has 1 heterocycles. The Morgan fingerprint density at radius 1 is 1.16 bits per heavy atom. The Bertz CT molecular complexity index is 657. The van der Waals surface area contributed by atoms with Crippen molar-refractivity contribution in [3.63, 3.8) is 0 Å². The van der Waals surface area contributed by atoms with Crippen LogP contribution in [0.15, 0.2) is 30.3 Å². The molecule has 0 spiro atoms. The SMILES string of the molecule is CC(C(=O)O)N(C(=O)C1CCCN(C(=O)c2ccccc2)C1)C1CC1. The summed E-state index contributed by atoms with van der Waals surface area (Å²) < 4.78 is 0. The number of nitrogens with zero attached hydrogens (tertiary/aromatic N) is 2. The second-order valence-electron chi connectivity index (χ2n) is 6.95. The molecule has 0 radical (unpaired) electrons. The number of likely N-dealkylation sites (tertiary alicyclic amines) is 1. The van der Waals surface area contributed by atoms with Crippen molar-refractivity contribution in [1.29, 1.82) is 0 Å². The first-order valence-corrected chi connectivity index (χ1v) is 8.88. The fourth-order valence-electron chi connectivity index (χ4n) is 3.50. The van der Waals surface area contributed by atoms with Crippen LogP contribution in [0.2, 0.25) is 0 Å². The molecule has 6 heteroatoms. The number of hydrogen-bond donors (Lipinski definition) is 1. The molecule has 0 aromatic heterocycles. The minimum Gasteiger partial charge on any atom is -0.480 e. The maximum Gasteiger partial charge on any atom is 0.326 e. The molecule has 1 saturated carbocycles. The summed E-state index contributed by atoms with van der Waals surface area (Å²) in [6, 6.07) is 8.28. The van der Waals surface area contributed by atoms with Gasteiger partial charge in [0.25, 0.3) is 5.91 Å². The van der Waals surface area contributed by atoms with Crippen LogP contribution in [0, 0.1) is 5.92 Å². The maximum atomic E-state index is 13.0. The number of benzene rings is 1. The monoisotopic (exact) mass is 344 g/mol. The third kappa shape index (κ3) is 3.83. The lowest BCUT2D eigenvalue weighted by atomic mass is 9.95. The number of piperidine rings is 1. The lowest BCUT2D eigenvalue weighted by Gasteiger charge is -2.36. The van der Waals surface area contributed by atoms with Gasteiger partial charge in [-0.05, 0) is 44.7 Å². The Hall–Kier alpha value is -2.37. The van der Waals surface area contributed by atoms with Gasteiger partial charge in [-0.15, -0.1) is 0 Å². The fraction of sp³-hybridized carbons (Fsp3) is 0.526. The summed E-state index contributed by atoms with van der Waals surface area (Å²) in [5, 5.41) is 9.31. The number of aliphatic carboxylic acids is 1. The largest absolute Gasteiger partial charge is 0.480 e. The molecule has 0 bridgehead atoms. The van der Waals surface area contributed by atoms with Gasteiger partial charge >= 0.3 is 5.97 Å². The summed E-state index contributed by atoms with van der Waals surface area (Å²) >= 11 is 0. The molecule has 2 atom stereocenters. The number of carbonyl (C=O) groups is 3. The Labute approximate surface area is 147 Å². The van der Waals surface area contributed by atoms with E-state index in [1.54, 1.807) is 24.0 Å². The standard InChI is InChI=1S/C19H24N2O4/c1-13(19(24)25)21(16-9-10-16)18(23)15-8-5-11-20(12-15)17(22)14-6-3-2-4-7-14/h2-4,6-7,13,15-16H,5,8-12H2,1H3,(H,24,25). The predicted octanol–water partition coefficient (Wildman–Crippen LogP) is 2.00. The summed E-state index contributed by atoms with van der Waals surface area (Å²) in [5.41, 5.74) is 0.619. The van der Waals surface area contributed by atoms with E-state index in [9.17, 15) is 19.5 Å². The lowest BCUT2D eigenvalue weighted by molar-refractivity contribution is -0.152. The van der Waals surface area contributed by atoms with Gasteiger partial charge in [-0.3, -0.25) is 9.59 Å². The number of amides is 2. The van der Waals surface area contributed by atoms with E-state index >= 15 is 0 Å². The summed E-state index contributed by atoms with van der Waals surface area (Å²) in [7, 11) is 0. The molecular formula is C19H24N2O4. The molecule has 1 aromatic carbocycles. The molecule has 2 amide bonds. The van der Waals surface area contributed by atoms with Crippen LogP contribution < -0.4 is 0 Å². The van der Waals surface area contributed by atoms with Gasteiger partial charge in [-0.2, -0.15) is 0 Å². The summed E-state index contributed by atoms with van der Waals surface area (Å²) in [4.78, 5) is 40.2. The summed E-state index contributed by atoms with van der Waals surface area (Å²) in [6.07, 6.45) is 3.19. The van der Waals surface area contributed by atoms with Crippen molar-refractivity contribution in [3.8, 4) is 0 Å². The third-order valence-corrected chi connectivity index (χ3v) is 5.05. The predicted molar refractivity (Wildman–Crippen MR) is 92.0 cm³/mol. The average molecular weight is 344 g/mol. The van der Waals surface area contributed by atoms with Gasteiger partial charge in [0.15, 0.2) is 0 Å². The molecule has 3 rings (SSSR count). The minimum atomic E-state index is -0.978. The van der Waals surface area contributed by atoms with Crippen LogP contribution >= 0.6 is 0 Å². The maximum absolute atomic E-state index is 13.0. The zero-order chi connectivity index (χ0) is 18.0. The highest BCUT2D eigenvalue weighted by atomic mass is 16.4. The van der Waals surface area contributed by atoms with Gasteiger partial charge in [0, 0.05) is 24.7 Å². The van der Waals surface area contributed by atoms with E-state index in [0.717, 1.165) is 19.3 Å². The molecule has 1 aliphatic heterocycles. The Morgan fingerprint density at radius 2 is 1.84 bits per heavy atom. The van der Waals surface area contributed by atoms with Crippen molar-refractivity contribution >= 4 is 17.8 Å². The molecule has 2 fully saturated rings. The van der Waals surface area contributed by atoms with Gasteiger partial charge in [0.1, 0.15) is 6.04 Å². The van der Waals surface area contributed by atoms with Crippen LogP contribution in [-0.2, 0) is 9.59 Å². The fourth-order valence-corrected chi connectivity index (χ4v) is 3.50. The van der Waals surface area contributed by atoms with Gasteiger partial charge in [0.05, 0.1) is 5.92 Å². The van der Waals surface area contributed by atoms with Crippen molar-refractivity contribution in [2.75, 3.05) is 13.1 Å². The zero-order valence-electron chi connectivity index (χ0n) is 14.4. The molecule has 25 heavy (non-hydrogen) atoms. The third-order valence-electron chi connectivity index (χ3n) is 5.05. The van der Waals surface area contributed by atoms with E-state index < -0.39 is 12.0 Å². The topological polar surface area (TPSA) is 77.9 Å². The lowest BCUT2D eigenvalue weighted by Crippen LogP contribution is -2.51. The molecule has 2 aliphatic rings. The van der Waals surface area contributed by atoms with E-state index in [0.29, 0.717) is 25.1 Å². The number of carboxylic acids is 1. The van der Waals surface area contributed by atoms with Gasteiger partial charge in [0.2, 0.25) is 5.91 Å². The Balaban J connectivity index is 1.71. The van der Waals surface area contributed by atoms with Gasteiger partial charge < -0.3 is 14.9 Å². The Morgan fingerprint density at radius 3 is 2.44 bits per heavy atom. The quantitative estimate of drug-likeness (QED) is 0.886. The second-order valence-corrected chi connectivity index (χ2v) is 6.95. The van der Waals surface area contributed by atoms with Crippen molar-refractivity contribution in [2.45, 2.75) is 44.7 Å². The number of carbonyl (C=O) groups excluding carboxylic acids is 2. The second kappa shape index (κ2) is 7.25. The normalized spacial score (nSPS) is 21.5. The van der Waals surface area contributed by atoms with Crippen molar-refractivity contribution in [1.82, 2.24) is 9.80 Å². The molecule has 1 saturated heterocycles. The van der Waals surface area contributed by atoms with Crippen LogP contribution in [0.3, 0.4) is 0 Å². The van der Waals surface area contributed by atoms with E-state index in [-0.39, 0.29) is 23.8 Å². The Kier molecular flexibility index (Phi) is 5.06. The van der Waals surface area contributed by atoms with Gasteiger partial charge in [-0.1, -0.05) is 18.2 Å². The molecule has 1 aliphatic carbocycles. The van der Waals surface area contributed by atoms with Crippen LogP contribution in [0.25, 0.3) is 0 Å². The highest BCUT2D eigenvalue weighted by Crippen LogP contribution is 2.32. The summed E-state index contributed by atoms with van der Waals surface area (Å²) in [6.45, 7) is 2.56. The molecular weight excluding hydrogens is 320 g/mol. The van der Waals surface area contributed by atoms with Crippen molar-refractivity contribution in [3.05, 3.63) is 35.9 Å². The minimum absolute atomic E-state index is 0.0406.